The summed E-state index contributed by atoms with van der Waals surface area (Å²) in [5, 5.41) is 0. The molecule has 0 atom stereocenters. The van der Waals surface area contributed by atoms with Gasteiger partial charge >= 0.3 is 0 Å². The van der Waals surface area contributed by atoms with Gasteiger partial charge in [-0.05, 0) is 23.8 Å². The number of fused-ring (bicyclic) bond motifs is 1. The van der Waals surface area contributed by atoms with Crippen molar-refractivity contribution < 1.29 is 9.47 Å². The van der Waals surface area contributed by atoms with Crippen molar-refractivity contribution in [1.82, 2.24) is 0 Å². The highest BCUT2D eigenvalue weighted by molar-refractivity contribution is 7.98. The first-order valence-electron chi connectivity index (χ1n) is 6.07. The highest BCUT2D eigenvalue weighted by Gasteiger charge is 2.14. The van der Waals surface area contributed by atoms with Crippen LogP contribution in [0.15, 0.2) is 12.1 Å². The standard InChI is InChI=1S/C13H19NO2S/c1-2-3-6-17-9-10-7-12-13(8-11(10)14)16-5-4-15-12/h7-8H,2-6,9,14H2,1H3. The Bertz CT molecular complexity index is 382. The van der Waals surface area contributed by atoms with Crippen LogP contribution in [0, 0.1) is 0 Å². The molecule has 1 heterocycles. The molecule has 4 heteroatoms. The SMILES string of the molecule is CCCCSCc1cc2c(cc1N)OCCO2. The lowest BCUT2D eigenvalue weighted by Crippen LogP contribution is -2.15. The Morgan fingerprint density at radius 2 is 1.94 bits per heavy atom. The molecule has 2 rings (SSSR count). The smallest absolute Gasteiger partial charge is 0.163 e. The first kappa shape index (κ1) is 12.4. The van der Waals surface area contributed by atoms with Crippen molar-refractivity contribution in [2.24, 2.45) is 0 Å². The van der Waals surface area contributed by atoms with Crippen LogP contribution in [-0.2, 0) is 5.75 Å². The van der Waals surface area contributed by atoms with E-state index in [2.05, 4.69) is 6.92 Å². The van der Waals surface area contributed by atoms with Gasteiger partial charge in [0, 0.05) is 17.5 Å². The maximum absolute atomic E-state index is 6.01. The molecular weight excluding hydrogens is 234 g/mol. The zero-order valence-corrected chi connectivity index (χ0v) is 11.0. The lowest BCUT2D eigenvalue weighted by molar-refractivity contribution is 0.171. The van der Waals surface area contributed by atoms with Crippen LogP contribution in [0.25, 0.3) is 0 Å². The van der Waals surface area contributed by atoms with E-state index in [0.29, 0.717) is 13.2 Å². The van der Waals surface area contributed by atoms with Crippen molar-refractivity contribution in [3.63, 3.8) is 0 Å². The van der Waals surface area contributed by atoms with E-state index < -0.39 is 0 Å². The summed E-state index contributed by atoms with van der Waals surface area (Å²) in [6.07, 6.45) is 2.50. The molecule has 0 saturated heterocycles. The van der Waals surface area contributed by atoms with Gasteiger partial charge in [0.2, 0.25) is 0 Å². The van der Waals surface area contributed by atoms with Gasteiger partial charge in [-0.25, -0.2) is 0 Å². The van der Waals surface area contributed by atoms with Crippen LogP contribution in [0.1, 0.15) is 25.3 Å². The minimum atomic E-state index is 0.608. The summed E-state index contributed by atoms with van der Waals surface area (Å²) in [6.45, 7) is 3.44. The van der Waals surface area contributed by atoms with Crippen molar-refractivity contribution in [1.29, 1.82) is 0 Å². The van der Waals surface area contributed by atoms with E-state index in [-0.39, 0.29) is 0 Å². The number of ether oxygens (including phenoxy) is 2. The Morgan fingerprint density at radius 3 is 2.65 bits per heavy atom. The fourth-order valence-corrected chi connectivity index (χ4v) is 2.81. The summed E-state index contributed by atoms with van der Waals surface area (Å²) in [4.78, 5) is 0. The summed E-state index contributed by atoms with van der Waals surface area (Å²) in [6, 6.07) is 3.90. The first-order valence-corrected chi connectivity index (χ1v) is 7.22. The Morgan fingerprint density at radius 1 is 1.24 bits per heavy atom. The van der Waals surface area contributed by atoms with Gasteiger partial charge < -0.3 is 15.2 Å². The number of benzene rings is 1. The van der Waals surface area contributed by atoms with E-state index in [1.165, 1.54) is 18.6 Å². The van der Waals surface area contributed by atoms with Crippen molar-refractivity contribution >= 4 is 17.4 Å². The van der Waals surface area contributed by atoms with Crippen LogP contribution in [0.5, 0.6) is 11.5 Å². The van der Waals surface area contributed by atoms with Gasteiger partial charge in [-0.3, -0.25) is 0 Å². The normalized spacial score (nSPS) is 13.7. The molecule has 1 aliphatic rings. The topological polar surface area (TPSA) is 44.5 Å². The Labute approximate surface area is 107 Å². The van der Waals surface area contributed by atoms with Crippen LogP contribution >= 0.6 is 11.8 Å². The molecule has 0 aliphatic carbocycles. The number of hydrogen-bond donors (Lipinski definition) is 1. The Kier molecular flexibility index (Phi) is 4.42. The van der Waals surface area contributed by atoms with Crippen LogP contribution in [-0.4, -0.2) is 19.0 Å². The zero-order chi connectivity index (χ0) is 12.1. The molecule has 94 valence electrons. The predicted octanol–water partition coefficient (Wildman–Crippen LogP) is 3.07. The fraction of sp³-hybridized carbons (Fsp3) is 0.538. The van der Waals surface area contributed by atoms with Gasteiger partial charge in [0.1, 0.15) is 13.2 Å². The quantitative estimate of drug-likeness (QED) is 0.647. The van der Waals surface area contributed by atoms with E-state index in [1.807, 2.05) is 23.9 Å². The highest BCUT2D eigenvalue weighted by atomic mass is 32.2. The molecular formula is C13H19NO2S. The molecule has 0 unspecified atom stereocenters. The highest BCUT2D eigenvalue weighted by Crippen LogP contribution is 2.35. The number of thioether (sulfide) groups is 1. The van der Waals surface area contributed by atoms with Gasteiger partial charge in [0.05, 0.1) is 0 Å². The largest absolute Gasteiger partial charge is 0.486 e. The Hall–Kier alpha value is -1.03. The zero-order valence-electron chi connectivity index (χ0n) is 10.2. The maximum Gasteiger partial charge on any atom is 0.163 e. The fourth-order valence-electron chi connectivity index (χ4n) is 1.70. The van der Waals surface area contributed by atoms with E-state index in [9.17, 15) is 0 Å². The summed E-state index contributed by atoms with van der Waals surface area (Å²) < 4.78 is 11.0. The molecule has 17 heavy (non-hydrogen) atoms. The van der Waals surface area contributed by atoms with Crippen molar-refractivity contribution in [3.05, 3.63) is 17.7 Å². The van der Waals surface area contributed by atoms with Gasteiger partial charge in [0.25, 0.3) is 0 Å². The minimum absolute atomic E-state index is 0.608. The molecule has 0 fully saturated rings. The van der Waals surface area contributed by atoms with E-state index >= 15 is 0 Å². The number of hydrogen-bond acceptors (Lipinski definition) is 4. The van der Waals surface area contributed by atoms with E-state index in [4.69, 9.17) is 15.2 Å². The molecule has 0 spiro atoms. The number of rotatable bonds is 5. The van der Waals surface area contributed by atoms with Crippen LogP contribution < -0.4 is 15.2 Å². The summed E-state index contributed by atoms with van der Waals surface area (Å²) in [5.41, 5.74) is 7.96. The third kappa shape index (κ3) is 3.22. The van der Waals surface area contributed by atoms with Crippen LogP contribution in [0.2, 0.25) is 0 Å². The molecule has 3 nitrogen and oxygen atoms in total. The number of nitrogen functional groups attached to an aromatic ring is 1. The van der Waals surface area contributed by atoms with E-state index in [1.54, 1.807) is 0 Å². The number of nitrogens with two attached hydrogens (primary N) is 1. The van der Waals surface area contributed by atoms with Crippen molar-refractivity contribution in [3.8, 4) is 11.5 Å². The third-order valence-corrected chi connectivity index (χ3v) is 3.80. The maximum atomic E-state index is 6.01. The van der Waals surface area contributed by atoms with Crippen molar-refractivity contribution in [2.75, 3.05) is 24.7 Å². The predicted molar refractivity (Wildman–Crippen MR) is 72.9 cm³/mol. The van der Waals surface area contributed by atoms with Crippen LogP contribution in [0.4, 0.5) is 5.69 Å². The second-order valence-electron chi connectivity index (χ2n) is 4.10. The molecule has 1 aliphatic heterocycles. The molecule has 1 aromatic rings. The summed E-state index contributed by atoms with van der Waals surface area (Å²) >= 11 is 1.92. The molecule has 0 aromatic heterocycles. The first-order chi connectivity index (χ1) is 8.31. The average Bonchev–Trinajstić information content (AvgIpc) is 2.35. The van der Waals surface area contributed by atoms with Crippen molar-refractivity contribution in [2.45, 2.75) is 25.5 Å². The molecule has 0 bridgehead atoms. The second kappa shape index (κ2) is 6.05. The third-order valence-electron chi connectivity index (χ3n) is 2.70. The van der Waals surface area contributed by atoms with Gasteiger partial charge in [-0.1, -0.05) is 13.3 Å². The lowest BCUT2D eigenvalue weighted by atomic mass is 10.2. The summed E-state index contributed by atoms with van der Waals surface area (Å²) in [5.74, 6) is 3.74. The van der Waals surface area contributed by atoms with Gasteiger partial charge in [-0.2, -0.15) is 11.8 Å². The van der Waals surface area contributed by atoms with E-state index in [0.717, 1.165) is 28.5 Å². The van der Waals surface area contributed by atoms with Crippen LogP contribution in [0.3, 0.4) is 0 Å². The molecule has 0 amide bonds. The number of unbranched alkanes of at least 4 members (excludes halogenated alkanes) is 1. The second-order valence-corrected chi connectivity index (χ2v) is 5.21. The van der Waals surface area contributed by atoms with Gasteiger partial charge in [0.15, 0.2) is 11.5 Å². The molecule has 1 aromatic carbocycles. The number of anilines is 1. The molecule has 2 N–H and O–H groups in total. The van der Waals surface area contributed by atoms with Gasteiger partial charge in [-0.15, -0.1) is 0 Å². The molecule has 0 saturated carbocycles. The summed E-state index contributed by atoms with van der Waals surface area (Å²) in [7, 11) is 0. The monoisotopic (exact) mass is 253 g/mol. The minimum Gasteiger partial charge on any atom is -0.486 e. The molecule has 0 radical (unpaired) electrons. The average molecular weight is 253 g/mol. The Balaban J connectivity index is 2.01. The lowest BCUT2D eigenvalue weighted by Gasteiger charge is -2.20.